The molecule has 1 aromatic rings. The SMILES string of the molecule is CCOC(=O)C(O)c1cc(Br)cc(OC)c1OC1CCC1. The third-order valence-electron chi connectivity index (χ3n) is 3.41. The van der Waals surface area contributed by atoms with Gasteiger partial charge in [-0.2, -0.15) is 0 Å². The van der Waals surface area contributed by atoms with E-state index in [0.29, 0.717) is 21.5 Å². The number of ether oxygens (including phenoxy) is 3. The lowest BCUT2D eigenvalue weighted by Gasteiger charge is -2.29. The van der Waals surface area contributed by atoms with Gasteiger partial charge < -0.3 is 19.3 Å². The molecule has 0 aliphatic heterocycles. The predicted molar refractivity (Wildman–Crippen MR) is 80.6 cm³/mol. The zero-order valence-corrected chi connectivity index (χ0v) is 13.7. The van der Waals surface area contributed by atoms with Gasteiger partial charge in [0.25, 0.3) is 0 Å². The molecule has 6 heteroatoms. The van der Waals surface area contributed by atoms with Crippen molar-refractivity contribution in [1.82, 2.24) is 0 Å². The normalized spacial score (nSPS) is 16.0. The molecule has 1 unspecified atom stereocenters. The number of benzene rings is 1. The van der Waals surface area contributed by atoms with Crippen molar-refractivity contribution in [3.63, 3.8) is 0 Å². The average Bonchev–Trinajstić information content (AvgIpc) is 2.42. The molecule has 1 fully saturated rings. The van der Waals surface area contributed by atoms with Gasteiger partial charge in [0.2, 0.25) is 0 Å². The lowest BCUT2D eigenvalue weighted by atomic mass is 9.96. The first-order valence-electron chi connectivity index (χ1n) is 6.95. The molecule has 1 atom stereocenters. The van der Waals surface area contributed by atoms with E-state index in [1.165, 1.54) is 7.11 Å². The Morgan fingerprint density at radius 2 is 2.19 bits per heavy atom. The lowest BCUT2D eigenvalue weighted by Crippen LogP contribution is -2.26. The minimum atomic E-state index is -1.40. The van der Waals surface area contributed by atoms with E-state index in [0.717, 1.165) is 19.3 Å². The summed E-state index contributed by atoms with van der Waals surface area (Å²) in [7, 11) is 1.52. The number of aliphatic hydroxyl groups is 1. The summed E-state index contributed by atoms with van der Waals surface area (Å²) in [4.78, 5) is 11.8. The van der Waals surface area contributed by atoms with Crippen molar-refractivity contribution in [1.29, 1.82) is 0 Å². The highest BCUT2D eigenvalue weighted by Gasteiger charge is 2.29. The molecular formula is C15H19BrO5. The molecule has 0 bridgehead atoms. The van der Waals surface area contributed by atoms with Gasteiger partial charge in [0.05, 0.1) is 19.8 Å². The van der Waals surface area contributed by atoms with Crippen LogP contribution in [0.5, 0.6) is 11.5 Å². The quantitative estimate of drug-likeness (QED) is 0.791. The van der Waals surface area contributed by atoms with Crippen molar-refractivity contribution in [3.8, 4) is 11.5 Å². The molecule has 0 spiro atoms. The summed E-state index contributed by atoms with van der Waals surface area (Å²) in [6.45, 7) is 1.90. The summed E-state index contributed by atoms with van der Waals surface area (Å²) in [5.74, 6) is 0.191. The first-order valence-corrected chi connectivity index (χ1v) is 7.74. The van der Waals surface area contributed by atoms with Crippen LogP contribution >= 0.6 is 15.9 Å². The number of aliphatic hydroxyl groups excluding tert-OH is 1. The Kier molecular flexibility index (Phi) is 5.47. The monoisotopic (exact) mass is 358 g/mol. The van der Waals surface area contributed by atoms with E-state index in [1.54, 1.807) is 19.1 Å². The molecule has 2 rings (SSSR count). The zero-order valence-electron chi connectivity index (χ0n) is 12.1. The fourth-order valence-electron chi connectivity index (χ4n) is 2.07. The summed E-state index contributed by atoms with van der Waals surface area (Å²) < 4.78 is 16.8. The molecule has 116 valence electrons. The molecule has 1 saturated carbocycles. The van der Waals surface area contributed by atoms with Crippen LogP contribution in [0.25, 0.3) is 0 Å². The van der Waals surface area contributed by atoms with Gasteiger partial charge in [-0.1, -0.05) is 15.9 Å². The van der Waals surface area contributed by atoms with Crippen molar-refractivity contribution in [3.05, 3.63) is 22.2 Å². The Balaban J connectivity index is 2.35. The van der Waals surface area contributed by atoms with Crippen LogP contribution in [0, 0.1) is 0 Å². The number of hydrogen-bond donors (Lipinski definition) is 1. The topological polar surface area (TPSA) is 65.0 Å². The largest absolute Gasteiger partial charge is 0.493 e. The molecule has 0 aromatic heterocycles. The van der Waals surface area contributed by atoms with Crippen molar-refractivity contribution < 1.29 is 24.1 Å². The molecular weight excluding hydrogens is 340 g/mol. The highest BCUT2D eigenvalue weighted by molar-refractivity contribution is 9.10. The van der Waals surface area contributed by atoms with Crippen LogP contribution in [0.4, 0.5) is 0 Å². The maximum absolute atomic E-state index is 11.8. The van der Waals surface area contributed by atoms with Gasteiger partial charge in [-0.05, 0) is 38.3 Å². The third-order valence-corrected chi connectivity index (χ3v) is 3.87. The lowest BCUT2D eigenvalue weighted by molar-refractivity contribution is -0.153. The first kappa shape index (κ1) is 16.1. The Morgan fingerprint density at radius 1 is 1.48 bits per heavy atom. The Bertz CT molecular complexity index is 513. The molecule has 1 aliphatic rings. The summed E-state index contributed by atoms with van der Waals surface area (Å²) in [5.41, 5.74) is 0.353. The third kappa shape index (κ3) is 3.68. The van der Waals surface area contributed by atoms with Crippen LogP contribution in [0.3, 0.4) is 0 Å². The number of rotatable bonds is 6. The molecule has 0 heterocycles. The van der Waals surface area contributed by atoms with Crippen LogP contribution in [-0.2, 0) is 9.53 Å². The maximum Gasteiger partial charge on any atom is 0.339 e. The van der Waals surface area contributed by atoms with Gasteiger partial charge in [0.1, 0.15) is 0 Å². The Labute approximate surface area is 132 Å². The second kappa shape index (κ2) is 7.13. The molecule has 1 aromatic carbocycles. The average molecular weight is 359 g/mol. The van der Waals surface area contributed by atoms with Crippen molar-refractivity contribution >= 4 is 21.9 Å². The molecule has 0 radical (unpaired) electrons. The number of methoxy groups -OCH3 is 1. The van der Waals surface area contributed by atoms with E-state index in [4.69, 9.17) is 14.2 Å². The minimum Gasteiger partial charge on any atom is -0.493 e. The summed E-state index contributed by atoms with van der Waals surface area (Å²) in [6.07, 6.45) is 1.77. The minimum absolute atomic E-state index is 0.105. The number of halogens is 1. The highest BCUT2D eigenvalue weighted by Crippen LogP contribution is 2.40. The molecule has 0 saturated heterocycles. The molecule has 1 N–H and O–H groups in total. The molecule has 5 nitrogen and oxygen atoms in total. The molecule has 21 heavy (non-hydrogen) atoms. The van der Waals surface area contributed by atoms with Gasteiger partial charge in [0, 0.05) is 10.0 Å². The van der Waals surface area contributed by atoms with Crippen molar-refractivity contribution in [2.75, 3.05) is 13.7 Å². The zero-order chi connectivity index (χ0) is 15.4. The van der Waals surface area contributed by atoms with Gasteiger partial charge in [-0.25, -0.2) is 4.79 Å². The Morgan fingerprint density at radius 3 is 2.71 bits per heavy atom. The smallest absolute Gasteiger partial charge is 0.339 e. The molecule has 1 aliphatic carbocycles. The van der Waals surface area contributed by atoms with Gasteiger partial charge in [0.15, 0.2) is 17.6 Å². The van der Waals surface area contributed by atoms with E-state index in [2.05, 4.69) is 15.9 Å². The first-order chi connectivity index (χ1) is 10.1. The maximum atomic E-state index is 11.8. The van der Waals surface area contributed by atoms with E-state index in [9.17, 15) is 9.90 Å². The highest BCUT2D eigenvalue weighted by atomic mass is 79.9. The van der Waals surface area contributed by atoms with Gasteiger partial charge in [-0.3, -0.25) is 0 Å². The van der Waals surface area contributed by atoms with E-state index < -0.39 is 12.1 Å². The second-order valence-electron chi connectivity index (χ2n) is 4.85. The van der Waals surface area contributed by atoms with Crippen LogP contribution < -0.4 is 9.47 Å². The van der Waals surface area contributed by atoms with E-state index >= 15 is 0 Å². The number of carbonyl (C=O) groups excluding carboxylic acids is 1. The summed E-state index contributed by atoms with van der Waals surface area (Å²) in [5, 5.41) is 10.2. The van der Waals surface area contributed by atoms with Crippen LogP contribution in [0.15, 0.2) is 16.6 Å². The standard InChI is InChI=1S/C15H19BrO5/c1-3-20-15(18)13(17)11-7-9(16)8-12(19-2)14(11)21-10-5-4-6-10/h7-8,10,13,17H,3-6H2,1-2H3. The van der Waals surface area contributed by atoms with E-state index in [-0.39, 0.29) is 12.7 Å². The van der Waals surface area contributed by atoms with Crippen LogP contribution in [0.2, 0.25) is 0 Å². The Hall–Kier alpha value is -1.27. The number of carbonyl (C=O) groups is 1. The van der Waals surface area contributed by atoms with Crippen LogP contribution in [-0.4, -0.2) is 30.9 Å². The van der Waals surface area contributed by atoms with Gasteiger partial charge in [-0.15, -0.1) is 0 Å². The molecule has 0 amide bonds. The predicted octanol–water partition coefficient (Wildman–Crippen LogP) is 2.99. The fourth-order valence-corrected chi connectivity index (χ4v) is 2.53. The van der Waals surface area contributed by atoms with E-state index in [1.807, 2.05) is 0 Å². The summed E-state index contributed by atoms with van der Waals surface area (Å²) in [6, 6.07) is 3.40. The fraction of sp³-hybridized carbons (Fsp3) is 0.533. The second-order valence-corrected chi connectivity index (χ2v) is 5.77. The van der Waals surface area contributed by atoms with Crippen LogP contribution in [0.1, 0.15) is 37.9 Å². The van der Waals surface area contributed by atoms with Gasteiger partial charge >= 0.3 is 5.97 Å². The number of hydrogen-bond acceptors (Lipinski definition) is 5. The summed E-state index contributed by atoms with van der Waals surface area (Å²) >= 11 is 3.34. The van der Waals surface area contributed by atoms with Crippen molar-refractivity contribution in [2.24, 2.45) is 0 Å². The van der Waals surface area contributed by atoms with Crippen molar-refractivity contribution in [2.45, 2.75) is 38.4 Å². The number of esters is 1.